The van der Waals surface area contributed by atoms with Crippen LogP contribution in [0.25, 0.3) is 0 Å². The number of pyridine rings is 1. The van der Waals surface area contributed by atoms with Crippen molar-refractivity contribution in [3.8, 4) is 5.88 Å². The molecule has 92 valence electrons. The molecular weight excluding hydrogens is 242 g/mol. The van der Waals surface area contributed by atoms with E-state index < -0.39 is 0 Å². The third-order valence-electron chi connectivity index (χ3n) is 2.59. The molecule has 1 aromatic heterocycles. The minimum absolute atomic E-state index is 0.0657. The minimum Gasteiger partial charge on any atom is -0.473 e. The summed E-state index contributed by atoms with van der Waals surface area (Å²) in [5.41, 5.74) is 5.86. The first kappa shape index (κ1) is 12.1. The summed E-state index contributed by atoms with van der Waals surface area (Å²) in [5.74, 6) is 0.250. The summed E-state index contributed by atoms with van der Waals surface area (Å²) in [5, 5.41) is 7.68. The number of nitrogens with zero attached hydrogens (tertiary/aromatic N) is 1. The molecule has 3 N–H and O–H groups in total. The van der Waals surface area contributed by atoms with Crippen LogP contribution in [0.1, 0.15) is 18.4 Å². The van der Waals surface area contributed by atoms with E-state index in [1.165, 1.54) is 6.20 Å². The van der Waals surface area contributed by atoms with E-state index in [0.717, 1.165) is 12.8 Å². The summed E-state index contributed by atoms with van der Waals surface area (Å²) < 4.78 is 10.9. The van der Waals surface area contributed by atoms with Crippen molar-refractivity contribution in [1.29, 1.82) is 5.41 Å². The van der Waals surface area contributed by atoms with Gasteiger partial charge in [0.15, 0.2) is 0 Å². The van der Waals surface area contributed by atoms with Gasteiger partial charge in [-0.05, 0) is 6.07 Å². The molecule has 1 aliphatic rings. The first-order valence-corrected chi connectivity index (χ1v) is 5.79. The molecule has 0 radical (unpaired) electrons. The molecule has 1 fully saturated rings. The van der Waals surface area contributed by atoms with Gasteiger partial charge in [-0.15, -0.1) is 0 Å². The van der Waals surface area contributed by atoms with E-state index >= 15 is 0 Å². The Morgan fingerprint density at radius 2 is 2.24 bits per heavy atom. The summed E-state index contributed by atoms with van der Waals surface area (Å²) in [4.78, 5) is 4.07. The number of nitrogens with two attached hydrogens (primary N) is 1. The van der Waals surface area contributed by atoms with E-state index in [4.69, 9.17) is 32.2 Å². The summed E-state index contributed by atoms with van der Waals surface area (Å²) in [6.07, 6.45) is 3.25. The van der Waals surface area contributed by atoms with E-state index in [0.29, 0.717) is 29.7 Å². The highest BCUT2D eigenvalue weighted by molar-refractivity contribution is 6.35. The monoisotopic (exact) mass is 255 g/mol. The number of aromatic nitrogens is 1. The molecule has 0 aliphatic carbocycles. The lowest BCUT2D eigenvalue weighted by Gasteiger charge is -2.23. The normalized spacial score (nSPS) is 16.8. The second-order valence-corrected chi connectivity index (χ2v) is 4.20. The fraction of sp³-hybridized carbons (Fsp3) is 0.455. The Labute approximate surface area is 104 Å². The Bertz CT molecular complexity index is 419. The number of hydrogen-bond acceptors (Lipinski definition) is 4. The Morgan fingerprint density at radius 3 is 2.88 bits per heavy atom. The van der Waals surface area contributed by atoms with Crippen LogP contribution in [0.5, 0.6) is 5.88 Å². The third kappa shape index (κ3) is 2.87. The topological polar surface area (TPSA) is 81.2 Å². The van der Waals surface area contributed by atoms with Crippen LogP contribution in [-0.4, -0.2) is 30.1 Å². The van der Waals surface area contributed by atoms with Crippen molar-refractivity contribution >= 4 is 17.4 Å². The summed E-state index contributed by atoms with van der Waals surface area (Å²) >= 11 is 6.08. The lowest BCUT2D eigenvalue weighted by atomic mass is 10.1. The Hall–Kier alpha value is -1.33. The van der Waals surface area contributed by atoms with Crippen LogP contribution in [-0.2, 0) is 4.74 Å². The van der Waals surface area contributed by atoms with Crippen molar-refractivity contribution in [2.45, 2.75) is 18.9 Å². The molecule has 0 unspecified atom stereocenters. The molecule has 1 aromatic rings. The van der Waals surface area contributed by atoms with E-state index in [9.17, 15) is 0 Å². The fourth-order valence-electron chi connectivity index (χ4n) is 1.67. The lowest BCUT2D eigenvalue weighted by Crippen LogP contribution is -2.26. The van der Waals surface area contributed by atoms with Crippen molar-refractivity contribution in [1.82, 2.24) is 4.98 Å². The van der Waals surface area contributed by atoms with Gasteiger partial charge in [0.2, 0.25) is 5.88 Å². The van der Waals surface area contributed by atoms with Crippen LogP contribution < -0.4 is 10.5 Å². The molecule has 0 spiro atoms. The first-order chi connectivity index (χ1) is 8.18. The van der Waals surface area contributed by atoms with Gasteiger partial charge >= 0.3 is 0 Å². The van der Waals surface area contributed by atoms with Gasteiger partial charge in [-0.1, -0.05) is 11.6 Å². The van der Waals surface area contributed by atoms with Gasteiger partial charge in [0.1, 0.15) is 17.0 Å². The molecule has 0 bridgehead atoms. The second kappa shape index (κ2) is 5.33. The molecule has 5 nitrogen and oxygen atoms in total. The minimum atomic E-state index is -0.0887. The average molecular weight is 256 g/mol. The van der Waals surface area contributed by atoms with E-state index in [2.05, 4.69) is 4.98 Å². The van der Waals surface area contributed by atoms with Crippen LogP contribution in [0, 0.1) is 5.41 Å². The van der Waals surface area contributed by atoms with Gasteiger partial charge < -0.3 is 15.2 Å². The van der Waals surface area contributed by atoms with E-state index in [1.54, 1.807) is 6.07 Å². The zero-order valence-electron chi connectivity index (χ0n) is 9.28. The van der Waals surface area contributed by atoms with E-state index in [-0.39, 0.29) is 11.9 Å². The summed E-state index contributed by atoms with van der Waals surface area (Å²) in [6, 6.07) is 1.60. The van der Waals surface area contributed by atoms with Crippen molar-refractivity contribution in [3.05, 3.63) is 22.8 Å². The molecule has 6 heteroatoms. The quantitative estimate of drug-likeness (QED) is 0.635. The maximum Gasteiger partial charge on any atom is 0.233 e. The van der Waals surface area contributed by atoms with Crippen LogP contribution in [0.4, 0.5) is 0 Å². The number of rotatable bonds is 3. The molecular formula is C11H14ClN3O2. The number of nitrogens with one attached hydrogen (secondary N) is 1. The van der Waals surface area contributed by atoms with Gasteiger partial charge in [0, 0.05) is 24.6 Å². The maximum absolute atomic E-state index is 7.38. The Balaban J connectivity index is 2.15. The number of amidine groups is 1. The van der Waals surface area contributed by atoms with Gasteiger partial charge in [-0.25, -0.2) is 4.98 Å². The molecule has 0 saturated carbocycles. The van der Waals surface area contributed by atoms with Gasteiger partial charge in [0.25, 0.3) is 0 Å². The van der Waals surface area contributed by atoms with Gasteiger partial charge in [-0.2, -0.15) is 0 Å². The SMILES string of the molecule is N=C(N)c1ccnc(OC2CCOCC2)c1Cl. The third-order valence-corrected chi connectivity index (χ3v) is 2.96. The van der Waals surface area contributed by atoms with Crippen molar-refractivity contribution < 1.29 is 9.47 Å². The number of nitrogen functional groups attached to an aromatic ring is 1. The molecule has 1 saturated heterocycles. The lowest BCUT2D eigenvalue weighted by molar-refractivity contribution is 0.0238. The van der Waals surface area contributed by atoms with Crippen LogP contribution >= 0.6 is 11.6 Å². The highest BCUT2D eigenvalue weighted by Crippen LogP contribution is 2.27. The van der Waals surface area contributed by atoms with Gasteiger partial charge in [-0.3, -0.25) is 5.41 Å². The molecule has 2 rings (SSSR count). The van der Waals surface area contributed by atoms with Crippen LogP contribution in [0.15, 0.2) is 12.3 Å². The highest BCUT2D eigenvalue weighted by Gasteiger charge is 2.19. The first-order valence-electron chi connectivity index (χ1n) is 5.42. The molecule has 0 atom stereocenters. The zero-order chi connectivity index (χ0) is 12.3. The summed E-state index contributed by atoms with van der Waals surface area (Å²) in [7, 11) is 0. The highest BCUT2D eigenvalue weighted by atomic mass is 35.5. The summed E-state index contributed by atoms with van der Waals surface area (Å²) in [6.45, 7) is 1.38. The predicted octanol–water partition coefficient (Wildman–Crippen LogP) is 1.58. The average Bonchev–Trinajstić information content (AvgIpc) is 2.33. The predicted molar refractivity (Wildman–Crippen MR) is 64.7 cm³/mol. The largest absolute Gasteiger partial charge is 0.473 e. The number of ether oxygens (including phenoxy) is 2. The van der Waals surface area contributed by atoms with Gasteiger partial charge in [0.05, 0.1) is 13.2 Å². The zero-order valence-corrected chi connectivity index (χ0v) is 10.0. The van der Waals surface area contributed by atoms with Crippen LogP contribution in [0.2, 0.25) is 5.02 Å². The number of hydrogen-bond donors (Lipinski definition) is 2. The van der Waals surface area contributed by atoms with Crippen molar-refractivity contribution in [3.63, 3.8) is 0 Å². The molecule has 0 amide bonds. The standard InChI is InChI=1S/C11H14ClN3O2/c12-9-8(10(13)14)1-4-15-11(9)17-7-2-5-16-6-3-7/h1,4,7H,2-3,5-6H2,(H3,13,14). The smallest absolute Gasteiger partial charge is 0.233 e. The maximum atomic E-state index is 7.38. The Morgan fingerprint density at radius 1 is 1.53 bits per heavy atom. The van der Waals surface area contributed by atoms with Crippen molar-refractivity contribution in [2.24, 2.45) is 5.73 Å². The molecule has 1 aliphatic heterocycles. The second-order valence-electron chi connectivity index (χ2n) is 3.82. The van der Waals surface area contributed by atoms with Crippen LogP contribution in [0.3, 0.4) is 0 Å². The van der Waals surface area contributed by atoms with Crippen molar-refractivity contribution in [2.75, 3.05) is 13.2 Å². The number of halogens is 1. The molecule has 0 aromatic carbocycles. The fourth-order valence-corrected chi connectivity index (χ4v) is 1.92. The Kier molecular flexibility index (Phi) is 3.81. The molecule has 2 heterocycles. The van der Waals surface area contributed by atoms with E-state index in [1.807, 2.05) is 0 Å². The molecule has 17 heavy (non-hydrogen) atoms.